The summed E-state index contributed by atoms with van der Waals surface area (Å²) in [6.07, 6.45) is 2.32. The molecule has 2 atom stereocenters. The van der Waals surface area contributed by atoms with Gasteiger partial charge in [0.25, 0.3) is 0 Å². The fourth-order valence-corrected chi connectivity index (χ4v) is 3.14. The average molecular weight is 392 g/mol. The number of ether oxygens (including phenoxy) is 2. The van der Waals surface area contributed by atoms with E-state index in [0.717, 1.165) is 12.1 Å². The van der Waals surface area contributed by atoms with E-state index in [1.54, 1.807) is 18.0 Å². The van der Waals surface area contributed by atoms with Gasteiger partial charge in [-0.05, 0) is 18.1 Å². The molecule has 146 valence electrons. The second-order valence-corrected chi connectivity index (χ2v) is 6.87. The van der Waals surface area contributed by atoms with Crippen LogP contribution in [-0.2, 0) is 14.3 Å². The zero-order chi connectivity index (χ0) is 19.8. The summed E-state index contributed by atoms with van der Waals surface area (Å²) >= 11 is 1.24. The van der Waals surface area contributed by atoms with Crippen molar-refractivity contribution in [1.82, 2.24) is 20.1 Å². The lowest BCUT2D eigenvalue weighted by Gasteiger charge is -2.21. The summed E-state index contributed by atoms with van der Waals surface area (Å²) in [6, 6.07) is 6.79. The minimum Gasteiger partial charge on any atom is -0.497 e. The van der Waals surface area contributed by atoms with Crippen molar-refractivity contribution in [2.24, 2.45) is 5.92 Å². The van der Waals surface area contributed by atoms with Gasteiger partial charge in [0.1, 0.15) is 18.1 Å². The van der Waals surface area contributed by atoms with Gasteiger partial charge < -0.3 is 14.8 Å². The van der Waals surface area contributed by atoms with Gasteiger partial charge in [-0.1, -0.05) is 38.1 Å². The van der Waals surface area contributed by atoms with E-state index in [2.05, 4.69) is 15.5 Å². The first-order valence-corrected chi connectivity index (χ1v) is 9.53. The lowest BCUT2D eigenvalue weighted by atomic mass is 9.99. The molecular weight excluding hydrogens is 368 g/mol. The molecule has 1 aromatic heterocycles. The minimum absolute atomic E-state index is 0.0214. The van der Waals surface area contributed by atoms with Gasteiger partial charge in [0.05, 0.1) is 25.7 Å². The van der Waals surface area contributed by atoms with Crippen LogP contribution in [0.4, 0.5) is 0 Å². The molecule has 0 bridgehead atoms. The number of thioether (sulfide) groups is 1. The maximum absolute atomic E-state index is 12.3. The van der Waals surface area contributed by atoms with Crippen LogP contribution in [0.3, 0.4) is 0 Å². The highest BCUT2D eigenvalue weighted by Crippen LogP contribution is 2.22. The van der Waals surface area contributed by atoms with E-state index < -0.39 is 12.0 Å². The molecule has 0 saturated carbocycles. The average Bonchev–Trinajstić information content (AvgIpc) is 3.18. The molecule has 0 aliphatic carbocycles. The van der Waals surface area contributed by atoms with Crippen molar-refractivity contribution < 1.29 is 19.1 Å². The number of aromatic nitrogens is 3. The highest BCUT2D eigenvalue weighted by molar-refractivity contribution is 7.99. The molecule has 0 unspecified atom stereocenters. The molecule has 27 heavy (non-hydrogen) atoms. The van der Waals surface area contributed by atoms with Crippen LogP contribution in [0.25, 0.3) is 5.69 Å². The Morgan fingerprint density at radius 1 is 1.33 bits per heavy atom. The number of esters is 1. The number of hydrogen-bond donors (Lipinski definition) is 1. The molecule has 1 N–H and O–H groups in total. The van der Waals surface area contributed by atoms with Crippen molar-refractivity contribution in [3.63, 3.8) is 0 Å². The van der Waals surface area contributed by atoms with Crippen LogP contribution in [0.5, 0.6) is 5.75 Å². The van der Waals surface area contributed by atoms with Crippen molar-refractivity contribution in [3.05, 3.63) is 30.6 Å². The first kappa shape index (κ1) is 20.8. The summed E-state index contributed by atoms with van der Waals surface area (Å²) in [6.45, 7) is 3.85. The number of carbonyl (C=O) groups excluding carboxylic acids is 2. The van der Waals surface area contributed by atoms with Gasteiger partial charge >= 0.3 is 5.97 Å². The lowest BCUT2D eigenvalue weighted by molar-refractivity contribution is -0.146. The van der Waals surface area contributed by atoms with Gasteiger partial charge in [-0.25, -0.2) is 4.79 Å². The van der Waals surface area contributed by atoms with Crippen LogP contribution in [0.15, 0.2) is 35.7 Å². The molecule has 2 aromatic rings. The maximum atomic E-state index is 12.3. The summed E-state index contributed by atoms with van der Waals surface area (Å²) < 4.78 is 11.8. The Hall–Kier alpha value is -2.55. The third-order valence-corrected chi connectivity index (χ3v) is 5.11. The smallest absolute Gasteiger partial charge is 0.328 e. The molecule has 1 heterocycles. The van der Waals surface area contributed by atoms with Crippen molar-refractivity contribution >= 4 is 23.6 Å². The fourth-order valence-electron chi connectivity index (χ4n) is 2.40. The number of benzene rings is 1. The number of hydrogen-bond acceptors (Lipinski definition) is 7. The molecule has 0 fully saturated rings. The highest BCUT2D eigenvalue weighted by atomic mass is 32.2. The molecule has 0 saturated heterocycles. The Bertz CT molecular complexity index is 780. The molecule has 1 amide bonds. The molecule has 9 heteroatoms. The minimum atomic E-state index is -0.663. The first-order valence-electron chi connectivity index (χ1n) is 8.54. The van der Waals surface area contributed by atoms with E-state index in [0.29, 0.717) is 10.9 Å². The number of rotatable bonds is 9. The fraction of sp³-hybridized carbons (Fsp3) is 0.444. The predicted octanol–water partition coefficient (Wildman–Crippen LogP) is 2.07. The van der Waals surface area contributed by atoms with E-state index in [4.69, 9.17) is 9.47 Å². The van der Waals surface area contributed by atoms with Crippen molar-refractivity contribution in [1.29, 1.82) is 0 Å². The third-order valence-electron chi connectivity index (χ3n) is 4.16. The van der Waals surface area contributed by atoms with Crippen LogP contribution in [0.1, 0.15) is 20.3 Å². The summed E-state index contributed by atoms with van der Waals surface area (Å²) in [5.74, 6) is 0.0846. The molecule has 0 aliphatic rings. The molecule has 0 aliphatic heterocycles. The van der Waals surface area contributed by atoms with E-state index in [1.807, 2.05) is 38.1 Å². The Balaban J connectivity index is 2.03. The van der Waals surface area contributed by atoms with Gasteiger partial charge in [-0.3, -0.25) is 9.36 Å². The standard InChI is InChI=1S/C18H24N4O4S/c1-5-12(2)16(17(24)26-4)20-15(23)10-27-18-21-19-11-22(18)13-7-6-8-14(9-13)25-3/h6-9,11-12,16H,5,10H2,1-4H3,(H,20,23)/t12-,16-/m0/s1. The molecular formula is C18H24N4O4S. The van der Waals surface area contributed by atoms with Crippen LogP contribution in [0, 0.1) is 5.92 Å². The Labute approximate surface area is 162 Å². The zero-order valence-corrected chi connectivity index (χ0v) is 16.7. The van der Waals surface area contributed by atoms with E-state index in [9.17, 15) is 9.59 Å². The van der Waals surface area contributed by atoms with Crippen LogP contribution >= 0.6 is 11.8 Å². The van der Waals surface area contributed by atoms with Crippen molar-refractivity contribution in [2.45, 2.75) is 31.5 Å². The molecule has 0 spiro atoms. The number of nitrogens with one attached hydrogen (secondary N) is 1. The van der Waals surface area contributed by atoms with Gasteiger partial charge in [-0.15, -0.1) is 10.2 Å². The van der Waals surface area contributed by atoms with E-state index in [-0.39, 0.29) is 17.6 Å². The Morgan fingerprint density at radius 2 is 2.11 bits per heavy atom. The number of carbonyl (C=O) groups is 2. The molecule has 1 aromatic carbocycles. The quantitative estimate of drug-likeness (QED) is 0.515. The second-order valence-electron chi connectivity index (χ2n) is 5.93. The zero-order valence-electron chi connectivity index (χ0n) is 15.8. The molecule has 0 radical (unpaired) electrons. The van der Waals surface area contributed by atoms with Gasteiger partial charge in [0.15, 0.2) is 5.16 Å². The van der Waals surface area contributed by atoms with Crippen molar-refractivity contribution in [3.8, 4) is 11.4 Å². The predicted molar refractivity (Wildman–Crippen MR) is 102 cm³/mol. The van der Waals surface area contributed by atoms with Crippen molar-refractivity contribution in [2.75, 3.05) is 20.0 Å². The second kappa shape index (κ2) is 9.96. The number of nitrogens with zero attached hydrogens (tertiary/aromatic N) is 3. The Morgan fingerprint density at radius 3 is 2.78 bits per heavy atom. The topological polar surface area (TPSA) is 95.3 Å². The van der Waals surface area contributed by atoms with Gasteiger partial charge in [0, 0.05) is 6.07 Å². The van der Waals surface area contributed by atoms with Crippen LogP contribution in [0.2, 0.25) is 0 Å². The maximum Gasteiger partial charge on any atom is 0.328 e. The first-order chi connectivity index (χ1) is 13.0. The Kier molecular flexibility index (Phi) is 7.66. The van der Waals surface area contributed by atoms with Gasteiger partial charge in [0.2, 0.25) is 5.91 Å². The summed E-state index contributed by atoms with van der Waals surface area (Å²) in [5, 5.41) is 11.3. The summed E-state index contributed by atoms with van der Waals surface area (Å²) in [7, 11) is 2.91. The molecule has 2 rings (SSSR count). The van der Waals surface area contributed by atoms with E-state index >= 15 is 0 Å². The monoisotopic (exact) mass is 392 g/mol. The summed E-state index contributed by atoms with van der Waals surface area (Å²) in [5.41, 5.74) is 0.828. The third kappa shape index (κ3) is 5.46. The number of amides is 1. The lowest BCUT2D eigenvalue weighted by Crippen LogP contribution is -2.46. The highest BCUT2D eigenvalue weighted by Gasteiger charge is 2.26. The van der Waals surface area contributed by atoms with E-state index in [1.165, 1.54) is 18.9 Å². The van der Waals surface area contributed by atoms with Crippen LogP contribution < -0.4 is 10.1 Å². The normalized spacial score (nSPS) is 12.9. The SMILES string of the molecule is CC[C@H](C)[C@H](NC(=O)CSc1nncn1-c1cccc(OC)c1)C(=O)OC. The van der Waals surface area contributed by atoms with Crippen LogP contribution in [-0.4, -0.2) is 52.7 Å². The van der Waals surface area contributed by atoms with Gasteiger partial charge in [-0.2, -0.15) is 0 Å². The molecule has 8 nitrogen and oxygen atoms in total. The largest absolute Gasteiger partial charge is 0.497 e. The summed E-state index contributed by atoms with van der Waals surface area (Å²) in [4.78, 5) is 24.2. The number of methoxy groups -OCH3 is 2.